The molecule has 0 amide bonds. The molecule has 0 aliphatic carbocycles. The highest BCUT2D eigenvalue weighted by atomic mass is 15.1. The van der Waals surface area contributed by atoms with Gasteiger partial charge >= 0.3 is 0 Å². The zero-order valence-corrected chi connectivity index (χ0v) is 10.2. The minimum absolute atomic E-state index is 0.513. The largest absolute Gasteiger partial charge is 0.311 e. The first kappa shape index (κ1) is 12.7. The molecule has 0 radical (unpaired) electrons. The first-order valence-electron chi connectivity index (χ1n) is 5.49. The molecule has 3 nitrogen and oxygen atoms in total. The summed E-state index contributed by atoms with van der Waals surface area (Å²) in [6, 6.07) is 10.4. The third-order valence-electron chi connectivity index (χ3n) is 2.71. The molecule has 3 heteroatoms. The molecule has 0 saturated heterocycles. The fraction of sp³-hybridized carbons (Fsp3) is 0.462. The van der Waals surface area contributed by atoms with Gasteiger partial charge in [-0.05, 0) is 38.7 Å². The van der Waals surface area contributed by atoms with E-state index < -0.39 is 0 Å². The lowest BCUT2D eigenvalue weighted by Crippen LogP contribution is -2.35. The zero-order chi connectivity index (χ0) is 12.0. The van der Waals surface area contributed by atoms with Gasteiger partial charge in [-0.1, -0.05) is 12.1 Å². The number of nitriles is 1. The molecule has 0 saturated carbocycles. The number of nitrogens with one attached hydrogen (secondary N) is 1. The van der Waals surface area contributed by atoms with E-state index in [0.717, 1.165) is 24.2 Å². The van der Waals surface area contributed by atoms with Crippen LogP contribution in [0.4, 0.5) is 0 Å². The second kappa shape index (κ2) is 6.26. The summed E-state index contributed by atoms with van der Waals surface area (Å²) in [7, 11) is 4.14. The molecule has 0 spiro atoms. The van der Waals surface area contributed by atoms with Gasteiger partial charge < -0.3 is 10.2 Å². The van der Waals surface area contributed by atoms with Crippen molar-refractivity contribution < 1.29 is 0 Å². The van der Waals surface area contributed by atoms with Gasteiger partial charge in [0, 0.05) is 19.1 Å². The van der Waals surface area contributed by atoms with Gasteiger partial charge in [-0.3, -0.25) is 0 Å². The molecule has 0 bridgehead atoms. The van der Waals surface area contributed by atoms with Crippen LogP contribution in [-0.4, -0.2) is 31.6 Å². The quantitative estimate of drug-likeness (QED) is 0.814. The summed E-state index contributed by atoms with van der Waals surface area (Å²) >= 11 is 0. The Balaban J connectivity index is 2.40. The molecule has 86 valence electrons. The predicted octanol–water partition coefficient (Wildman–Crippen LogP) is 1.60. The topological polar surface area (TPSA) is 39.1 Å². The number of benzene rings is 1. The third-order valence-corrected chi connectivity index (χ3v) is 2.71. The summed E-state index contributed by atoms with van der Waals surface area (Å²) < 4.78 is 0. The second-order valence-corrected chi connectivity index (χ2v) is 4.26. The van der Waals surface area contributed by atoms with E-state index in [9.17, 15) is 0 Å². The first-order chi connectivity index (χ1) is 7.63. The van der Waals surface area contributed by atoms with Gasteiger partial charge in [0.05, 0.1) is 11.6 Å². The molecule has 0 aliphatic heterocycles. The van der Waals surface area contributed by atoms with Crippen LogP contribution in [-0.2, 0) is 6.54 Å². The summed E-state index contributed by atoms with van der Waals surface area (Å²) in [6.45, 7) is 3.94. The van der Waals surface area contributed by atoms with E-state index in [1.165, 1.54) is 0 Å². The van der Waals surface area contributed by atoms with Crippen LogP contribution in [0.15, 0.2) is 24.3 Å². The van der Waals surface area contributed by atoms with Crippen LogP contribution >= 0.6 is 0 Å². The molecule has 1 rings (SSSR count). The SMILES string of the molecule is CC(CNCc1cccc(C#N)c1)N(C)C. The maximum absolute atomic E-state index is 8.77. The van der Waals surface area contributed by atoms with Crippen LogP contribution in [0.1, 0.15) is 18.1 Å². The molecular formula is C13H19N3. The number of nitrogens with zero attached hydrogens (tertiary/aromatic N) is 2. The standard InChI is InChI=1S/C13H19N3/c1-11(16(2)3)9-15-10-13-6-4-5-12(7-13)8-14/h4-7,11,15H,9-10H2,1-3H3. The summed E-state index contributed by atoms with van der Waals surface area (Å²) in [4.78, 5) is 2.18. The van der Waals surface area contributed by atoms with Crippen molar-refractivity contribution in [3.8, 4) is 6.07 Å². The monoisotopic (exact) mass is 217 g/mol. The maximum atomic E-state index is 8.77. The van der Waals surface area contributed by atoms with E-state index in [1.54, 1.807) is 0 Å². The summed E-state index contributed by atoms with van der Waals surface area (Å²) in [5.41, 5.74) is 1.88. The lowest BCUT2D eigenvalue weighted by Gasteiger charge is -2.20. The van der Waals surface area contributed by atoms with Crippen LogP contribution in [0.3, 0.4) is 0 Å². The van der Waals surface area contributed by atoms with Crippen molar-refractivity contribution in [1.29, 1.82) is 5.26 Å². The van der Waals surface area contributed by atoms with Gasteiger partial charge in [-0.25, -0.2) is 0 Å². The van der Waals surface area contributed by atoms with Crippen LogP contribution in [0.25, 0.3) is 0 Å². The predicted molar refractivity (Wildman–Crippen MR) is 66.0 cm³/mol. The Morgan fingerprint density at radius 1 is 1.44 bits per heavy atom. The van der Waals surface area contributed by atoms with E-state index in [4.69, 9.17) is 5.26 Å². The molecule has 1 atom stereocenters. The van der Waals surface area contributed by atoms with Crippen molar-refractivity contribution in [2.24, 2.45) is 0 Å². The highest BCUT2D eigenvalue weighted by molar-refractivity contribution is 5.32. The zero-order valence-electron chi connectivity index (χ0n) is 10.2. The van der Waals surface area contributed by atoms with Crippen molar-refractivity contribution in [3.05, 3.63) is 35.4 Å². The Kier molecular flexibility index (Phi) is 4.97. The lowest BCUT2D eigenvalue weighted by atomic mass is 10.1. The van der Waals surface area contributed by atoms with Gasteiger partial charge in [0.25, 0.3) is 0 Å². The number of likely N-dealkylation sites (N-methyl/N-ethyl adjacent to an activating group) is 1. The Morgan fingerprint density at radius 2 is 2.19 bits per heavy atom. The van der Waals surface area contributed by atoms with Crippen molar-refractivity contribution >= 4 is 0 Å². The average Bonchev–Trinajstić information content (AvgIpc) is 2.29. The fourth-order valence-corrected chi connectivity index (χ4v) is 1.36. The molecule has 1 aromatic rings. The van der Waals surface area contributed by atoms with Crippen molar-refractivity contribution in [1.82, 2.24) is 10.2 Å². The van der Waals surface area contributed by atoms with E-state index in [0.29, 0.717) is 6.04 Å². The van der Waals surface area contributed by atoms with Crippen LogP contribution < -0.4 is 5.32 Å². The Bertz CT molecular complexity index is 366. The van der Waals surface area contributed by atoms with Crippen LogP contribution in [0.2, 0.25) is 0 Å². The Hall–Kier alpha value is -1.37. The van der Waals surface area contributed by atoms with E-state index in [1.807, 2.05) is 24.3 Å². The third kappa shape index (κ3) is 4.01. The summed E-state index contributed by atoms with van der Waals surface area (Å²) in [6.07, 6.45) is 0. The molecule has 0 heterocycles. The highest BCUT2D eigenvalue weighted by Crippen LogP contribution is 2.03. The van der Waals surface area contributed by atoms with Gasteiger partial charge in [0.2, 0.25) is 0 Å². The number of hydrogen-bond donors (Lipinski definition) is 1. The second-order valence-electron chi connectivity index (χ2n) is 4.26. The summed E-state index contributed by atoms with van der Waals surface area (Å²) in [5.74, 6) is 0. The van der Waals surface area contributed by atoms with E-state index in [2.05, 4.69) is 37.3 Å². The molecule has 1 unspecified atom stereocenters. The minimum atomic E-state index is 0.513. The van der Waals surface area contributed by atoms with Gasteiger partial charge in [0.1, 0.15) is 0 Å². The molecule has 1 N–H and O–H groups in total. The van der Waals surface area contributed by atoms with Crippen molar-refractivity contribution in [2.75, 3.05) is 20.6 Å². The number of rotatable bonds is 5. The lowest BCUT2D eigenvalue weighted by molar-refractivity contribution is 0.302. The first-order valence-corrected chi connectivity index (χ1v) is 5.49. The Morgan fingerprint density at radius 3 is 2.81 bits per heavy atom. The summed E-state index contributed by atoms with van der Waals surface area (Å²) in [5, 5.41) is 12.2. The maximum Gasteiger partial charge on any atom is 0.0991 e. The van der Waals surface area contributed by atoms with E-state index >= 15 is 0 Å². The molecule has 0 fully saturated rings. The van der Waals surface area contributed by atoms with Crippen molar-refractivity contribution in [2.45, 2.75) is 19.5 Å². The number of hydrogen-bond acceptors (Lipinski definition) is 3. The van der Waals surface area contributed by atoms with Gasteiger partial charge in [0.15, 0.2) is 0 Å². The average molecular weight is 217 g/mol. The highest BCUT2D eigenvalue weighted by Gasteiger charge is 2.03. The van der Waals surface area contributed by atoms with E-state index in [-0.39, 0.29) is 0 Å². The Labute approximate surface area is 97.7 Å². The molecule has 0 aromatic heterocycles. The smallest absolute Gasteiger partial charge is 0.0991 e. The fourth-order valence-electron chi connectivity index (χ4n) is 1.36. The molecular weight excluding hydrogens is 198 g/mol. The van der Waals surface area contributed by atoms with Crippen LogP contribution in [0, 0.1) is 11.3 Å². The van der Waals surface area contributed by atoms with Gasteiger partial charge in [-0.2, -0.15) is 5.26 Å². The van der Waals surface area contributed by atoms with Crippen molar-refractivity contribution in [3.63, 3.8) is 0 Å². The molecule has 1 aromatic carbocycles. The minimum Gasteiger partial charge on any atom is -0.311 e. The normalized spacial score (nSPS) is 12.4. The molecule has 0 aliphatic rings. The van der Waals surface area contributed by atoms with Crippen LogP contribution in [0.5, 0.6) is 0 Å². The molecule has 16 heavy (non-hydrogen) atoms. The van der Waals surface area contributed by atoms with Gasteiger partial charge in [-0.15, -0.1) is 0 Å².